The van der Waals surface area contributed by atoms with E-state index in [1.807, 2.05) is 0 Å². The number of aromatic nitrogens is 2. The minimum atomic E-state index is -3.39. The first-order valence-corrected chi connectivity index (χ1v) is 6.57. The summed E-state index contributed by atoms with van der Waals surface area (Å²) in [5.74, 6) is 0.0140. The molecular weight excluding hydrogens is 238 g/mol. The molecular formula is C11H11N3O2S. The molecule has 17 heavy (non-hydrogen) atoms. The van der Waals surface area contributed by atoms with E-state index >= 15 is 0 Å². The highest BCUT2D eigenvalue weighted by molar-refractivity contribution is 7.90. The van der Waals surface area contributed by atoms with Crippen molar-refractivity contribution in [2.75, 3.05) is 5.73 Å². The summed E-state index contributed by atoms with van der Waals surface area (Å²) in [5, 5.41) is 0. The van der Waals surface area contributed by atoms with Gasteiger partial charge in [0.15, 0.2) is 9.84 Å². The lowest BCUT2D eigenvalue weighted by Gasteiger charge is -2.03. The molecule has 0 atom stereocenters. The first kappa shape index (κ1) is 11.5. The summed E-state index contributed by atoms with van der Waals surface area (Å²) in [6, 6.07) is 8.21. The van der Waals surface area contributed by atoms with Crippen LogP contribution in [-0.4, -0.2) is 18.4 Å². The van der Waals surface area contributed by atoms with Crippen LogP contribution in [0.4, 0.5) is 5.69 Å². The summed E-state index contributed by atoms with van der Waals surface area (Å²) in [6.07, 6.45) is 2.78. The van der Waals surface area contributed by atoms with Gasteiger partial charge in [-0.15, -0.1) is 0 Å². The second kappa shape index (κ2) is 4.50. The number of rotatable bonds is 3. The summed E-state index contributed by atoms with van der Waals surface area (Å²) in [4.78, 5) is 8.01. The molecule has 6 heteroatoms. The molecule has 88 valence electrons. The second-order valence-electron chi connectivity index (χ2n) is 3.50. The summed E-state index contributed by atoms with van der Waals surface area (Å²) in [5.41, 5.74) is 5.84. The molecule has 0 amide bonds. The van der Waals surface area contributed by atoms with Crippen LogP contribution < -0.4 is 5.73 Å². The van der Waals surface area contributed by atoms with Gasteiger partial charge in [-0.3, -0.25) is 0 Å². The molecule has 0 radical (unpaired) electrons. The Balaban J connectivity index is 2.27. The van der Waals surface area contributed by atoms with Gasteiger partial charge in [0, 0.05) is 0 Å². The van der Waals surface area contributed by atoms with Gasteiger partial charge in [-0.05, 0) is 12.1 Å². The van der Waals surface area contributed by atoms with Crippen LogP contribution in [0, 0.1) is 0 Å². The van der Waals surface area contributed by atoms with Crippen molar-refractivity contribution in [1.29, 1.82) is 0 Å². The standard InChI is InChI=1S/C11H11N3O2S/c12-9-6-13-11(14-7-9)8-17(15,16)10-4-2-1-3-5-10/h1-7H,8,12H2. The van der Waals surface area contributed by atoms with E-state index in [0.29, 0.717) is 5.69 Å². The molecule has 5 nitrogen and oxygen atoms in total. The van der Waals surface area contributed by atoms with Gasteiger partial charge >= 0.3 is 0 Å². The van der Waals surface area contributed by atoms with Gasteiger partial charge in [-0.25, -0.2) is 18.4 Å². The largest absolute Gasteiger partial charge is 0.396 e. The molecule has 0 aliphatic rings. The fraction of sp³-hybridized carbons (Fsp3) is 0.0909. The normalized spacial score (nSPS) is 11.3. The third kappa shape index (κ3) is 2.79. The summed E-state index contributed by atoms with van der Waals surface area (Å²) in [6.45, 7) is 0. The molecule has 2 N–H and O–H groups in total. The maximum atomic E-state index is 12.0. The van der Waals surface area contributed by atoms with Crippen LogP contribution in [0.3, 0.4) is 0 Å². The van der Waals surface area contributed by atoms with Gasteiger partial charge in [0.05, 0.1) is 23.0 Å². The average Bonchev–Trinajstić information content (AvgIpc) is 2.33. The molecule has 2 rings (SSSR count). The Morgan fingerprint density at radius 2 is 1.65 bits per heavy atom. The molecule has 1 aromatic carbocycles. The number of nitrogens with zero attached hydrogens (tertiary/aromatic N) is 2. The number of hydrogen-bond donors (Lipinski definition) is 1. The van der Waals surface area contributed by atoms with Crippen molar-refractivity contribution in [2.24, 2.45) is 0 Å². The highest BCUT2D eigenvalue weighted by Crippen LogP contribution is 2.13. The fourth-order valence-electron chi connectivity index (χ4n) is 1.32. The lowest BCUT2D eigenvalue weighted by atomic mass is 10.4. The van der Waals surface area contributed by atoms with Crippen molar-refractivity contribution in [3.63, 3.8) is 0 Å². The molecule has 0 fully saturated rings. The van der Waals surface area contributed by atoms with E-state index < -0.39 is 9.84 Å². The van der Waals surface area contributed by atoms with E-state index in [-0.39, 0.29) is 16.5 Å². The molecule has 1 aromatic heterocycles. The molecule has 2 aromatic rings. The number of benzene rings is 1. The first-order chi connectivity index (χ1) is 8.08. The van der Waals surface area contributed by atoms with Gasteiger partial charge in [-0.2, -0.15) is 0 Å². The Kier molecular flexibility index (Phi) is 3.06. The third-order valence-electron chi connectivity index (χ3n) is 2.15. The molecule has 0 unspecified atom stereocenters. The van der Waals surface area contributed by atoms with Gasteiger partial charge in [0.25, 0.3) is 0 Å². The molecule has 0 aliphatic heterocycles. The molecule has 0 spiro atoms. The number of nitrogen functional groups attached to an aromatic ring is 1. The van der Waals surface area contributed by atoms with E-state index in [4.69, 9.17) is 5.73 Å². The summed E-state index contributed by atoms with van der Waals surface area (Å²) < 4.78 is 24.0. The van der Waals surface area contributed by atoms with Crippen LogP contribution in [0.5, 0.6) is 0 Å². The van der Waals surface area contributed by atoms with E-state index in [1.54, 1.807) is 30.3 Å². The van der Waals surface area contributed by atoms with E-state index in [0.717, 1.165) is 0 Å². The van der Waals surface area contributed by atoms with E-state index in [2.05, 4.69) is 9.97 Å². The van der Waals surface area contributed by atoms with Crippen LogP contribution in [0.15, 0.2) is 47.6 Å². The average molecular weight is 249 g/mol. The molecule has 0 saturated heterocycles. The molecule has 0 saturated carbocycles. The Bertz CT molecular complexity index is 594. The lowest BCUT2D eigenvalue weighted by molar-refractivity contribution is 0.594. The lowest BCUT2D eigenvalue weighted by Crippen LogP contribution is -2.08. The summed E-state index contributed by atoms with van der Waals surface area (Å²) in [7, 11) is -3.39. The third-order valence-corrected chi connectivity index (χ3v) is 3.78. The fourth-order valence-corrected chi connectivity index (χ4v) is 2.55. The molecule has 0 aliphatic carbocycles. The van der Waals surface area contributed by atoms with Crippen LogP contribution in [0.1, 0.15) is 5.82 Å². The van der Waals surface area contributed by atoms with Crippen LogP contribution in [-0.2, 0) is 15.6 Å². The maximum absolute atomic E-state index is 12.0. The van der Waals surface area contributed by atoms with Crippen LogP contribution >= 0.6 is 0 Å². The first-order valence-electron chi connectivity index (χ1n) is 4.92. The SMILES string of the molecule is Nc1cnc(CS(=O)(=O)c2ccccc2)nc1. The predicted molar refractivity (Wildman–Crippen MR) is 63.8 cm³/mol. The predicted octanol–water partition coefficient (Wildman–Crippen LogP) is 1.03. The number of anilines is 1. The zero-order valence-corrected chi connectivity index (χ0v) is 9.76. The maximum Gasteiger partial charge on any atom is 0.185 e. The molecule has 0 bridgehead atoms. The van der Waals surface area contributed by atoms with Gasteiger partial charge in [0.1, 0.15) is 11.6 Å². The number of sulfone groups is 1. The number of nitrogens with two attached hydrogens (primary N) is 1. The second-order valence-corrected chi connectivity index (χ2v) is 5.49. The highest BCUT2D eigenvalue weighted by atomic mass is 32.2. The van der Waals surface area contributed by atoms with Crippen molar-refractivity contribution < 1.29 is 8.42 Å². The minimum Gasteiger partial charge on any atom is -0.396 e. The van der Waals surface area contributed by atoms with Crippen molar-refractivity contribution in [1.82, 2.24) is 9.97 Å². The smallest absolute Gasteiger partial charge is 0.185 e. The van der Waals surface area contributed by atoms with Crippen molar-refractivity contribution in [3.8, 4) is 0 Å². The van der Waals surface area contributed by atoms with Crippen LogP contribution in [0.2, 0.25) is 0 Å². The van der Waals surface area contributed by atoms with Crippen LogP contribution in [0.25, 0.3) is 0 Å². The van der Waals surface area contributed by atoms with Crippen molar-refractivity contribution in [2.45, 2.75) is 10.6 Å². The molecule has 1 heterocycles. The van der Waals surface area contributed by atoms with Gasteiger partial charge < -0.3 is 5.73 Å². The van der Waals surface area contributed by atoms with E-state index in [9.17, 15) is 8.42 Å². The zero-order valence-electron chi connectivity index (χ0n) is 8.95. The number of hydrogen-bond acceptors (Lipinski definition) is 5. The topological polar surface area (TPSA) is 85.9 Å². The monoisotopic (exact) mass is 249 g/mol. The Morgan fingerprint density at radius 3 is 2.24 bits per heavy atom. The minimum absolute atomic E-state index is 0.225. The Morgan fingerprint density at radius 1 is 1.06 bits per heavy atom. The van der Waals surface area contributed by atoms with Crippen molar-refractivity contribution >= 4 is 15.5 Å². The van der Waals surface area contributed by atoms with Gasteiger partial charge in [-0.1, -0.05) is 18.2 Å². The van der Waals surface area contributed by atoms with Crippen molar-refractivity contribution in [3.05, 3.63) is 48.5 Å². The summed E-state index contributed by atoms with van der Waals surface area (Å²) >= 11 is 0. The van der Waals surface area contributed by atoms with E-state index in [1.165, 1.54) is 12.4 Å². The highest BCUT2D eigenvalue weighted by Gasteiger charge is 2.16. The Hall–Kier alpha value is -1.95. The van der Waals surface area contributed by atoms with Gasteiger partial charge in [0.2, 0.25) is 0 Å². The quantitative estimate of drug-likeness (QED) is 0.878. The zero-order chi connectivity index (χ0) is 12.3. The Labute approximate surface area is 99.3 Å².